The molecule has 31 heavy (non-hydrogen) atoms. The maximum Gasteiger partial charge on any atom is 0.191 e. The summed E-state index contributed by atoms with van der Waals surface area (Å²) < 4.78 is 21.9. The molecule has 1 atom stereocenters. The number of hydrogen-bond donors (Lipinski definition) is 2. The Balaban J connectivity index is 1.63. The van der Waals surface area contributed by atoms with Gasteiger partial charge in [0.2, 0.25) is 0 Å². The van der Waals surface area contributed by atoms with Crippen LogP contribution in [0, 0.1) is 0 Å². The van der Waals surface area contributed by atoms with E-state index in [0.29, 0.717) is 23.8 Å². The van der Waals surface area contributed by atoms with E-state index in [4.69, 9.17) is 18.9 Å². The average molecular weight is 429 g/mol. The van der Waals surface area contributed by atoms with E-state index in [2.05, 4.69) is 26.6 Å². The first-order valence-corrected chi connectivity index (χ1v) is 10.3. The molecule has 8 heteroatoms. The SMILES string of the molecule is CN=C(NCc1c(OC)cc(OC)cc1OC)NC1CCN(c2ccccc2OC)C1. The first-order valence-electron chi connectivity index (χ1n) is 10.3. The summed E-state index contributed by atoms with van der Waals surface area (Å²) in [5.41, 5.74) is 2.01. The van der Waals surface area contributed by atoms with Crippen LogP contribution in [0.1, 0.15) is 12.0 Å². The number of guanidine groups is 1. The van der Waals surface area contributed by atoms with Crippen LogP contribution in [-0.4, -0.2) is 60.6 Å². The molecule has 0 radical (unpaired) electrons. The molecule has 3 rings (SSSR count). The minimum absolute atomic E-state index is 0.274. The Labute approximate surface area is 184 Å². The zero-order valence-corrected chi connectivity index (χ0v) is 18.9. The standard InChI is InChI=1S/C23H32N4O4/c1-24-23(25-14-18-21(30-4)12-17(28-2)13-22(18)31-5)26-16-10-11-27(15-16)19-8-6-7-9-20(19)29-3/h6-9,12-13,16H,10-11,14-15H2,1-5H3,(H2,24,25,26). The second-order valence-corrected chi connectivity index (χ2v) is 7.18. The number of nitrogens with one attached hydrogen (secondary N) is 2. The van der Waals surface area contributed by atoms with Crippen molar-refractivity contribution in [3.63, 3.8) is 0 Å². The zero-order chi connectivity index (χ0) is 22.2. The monoisotopic (exact) mass is 428 g/mol. The molecule has 0 bridgehead atoms. The quantitative estimate of drug-likeness (QED) is 0.494. The second-order valence-electron chi connectivity index (χ2n) is 7.18. The van der Waals surface area contributed by atoms with Crippen LogP contribution in [0.15, 0.2) is 41.4 Å². The van der Waals surface area contributed by atoms with Gasteiger partial charge in [0.05, 0.1) is 46.2 Å². The van der Waals surface area contributed by atoms with Gasteiger partial charge in [-0.1, -0.05) is 12.1 Å². The van der Waals surface area contributed by atoms with Gasteiger partial charge in [-0.3, -0.25) is 4.99 Å². The van der Waals surface area contributed by atoms with Crippen LogP contribution in [0.2, 0.25) is 0 Å². The molecule has 1 saturated heterocycles. The fourth-order valence-electron chi connectivity index (χ4n) is 3.80. The molecule has 1 heterocycles. The van der Waals surface area contributed by atoms with Crippen molar-refractivity contribution in [3.8, 4) is 23.0 Å². The lowest BCUT2D eigenvalue weighted by Crippen LogP contribution is -2.44. The molecule has 0 amide bonds. The molecule has 8 nitrogen and oxygen atoms in total. The topological polar surface area (TPSA) is 76.6 Å². The highest BCUT2D eigenvalue weighted by atomic mass is 16.5. The number of aliphatic imine (C=N–C) groups is 1. The van der Waals surface area contributed by atoms with Gasteiger partial charge >= 0.3 is 0 Å². The van der Waals surface area contributed by atoms with E-state index in [1.807, 2.05) is 30.3 Å². The van der Waals surface area contributed by atoms with Crippen molar-refractivity contribution in [2.45, 2.75) is 19.0 Å². The van der Waals surface area contributed by atoms with Gasteiger partial charge in [-0.05, 0) is 18.6 Å². The number of para-hydroxylation sites is 2. The van der Waals surface area contributed by atoms with Crippen LogP contribution < -0.4 is 34.5 Å². The first kappa shape index (κ1) is 22.4. The van der Waals surface area contributed by atoms with Gasteiger partial charge in [0, 0.05) is 38.3 Å². The van der Waals surface area contributed by atoms with Crippen molar-refractivity contribution in [1.82, 2.24) is 10.6 Å². The lowest BCUT2D eigenvalue weighted by atomic mass is 10.1. The van der Waals surface area contributed by atoms with Crippen molar-refractivity contribution in [2.24, 2.45) is 4.99 Å². The number of benzene rings is 2. The van der Waals surface area contributed by atoms with E-state index in [1.165, 1.54) is 0 Å². The molecule has 2 aromatic carbocycles. The van der Waals surface area contributed by atoms with Crippen LogP contribution in [-0.2, 0) is 6.54 Å². The summed E-state index contributed by atoms with van der Waals surface area (Å²) in [6, 6.07) is 12.1. The van der Waals surface area contributed by atoms with Gasteiger partial charge in [-0.2, -0.15) is 0 Å². The van der Waals surface area contributed by atoms with Crippen LogP contribution in [0.25, 0.3) is 0 Å². The number of methoxy groups -OCH3 is 4. The summed E-state index contributed by atoms with van der Waals surface area (Å²) in [4.78, 5) is 6.72. The molecule has 0 aliphatic carbocycles. The molecule has 0 saturated carbocycles. The Morgan fingerprint density at radius 3 is 2.29 bits per heavy atom. The van der Waals surface area contributed by atoms with Crippen molar-refractivity contribution in [2.75, 3.05) is 53.5 Å². The van der Waals surface area contributed by atoms with Gasteiger partial charge in [-0.25, -0.2) is 0 Å². The lowest BCUT2D eigenvalue weighted by molar-refractivity contribution is 0.368. The Bertz CT molecular complexity index is 878. The number of ether oxygens (including phenoxy) is 4. The largest absolute Gasteiger partial charge is 0.496 e. The first-order chi connectivity index (χ1) is 15.1. The van der Waals surface area contributed by atoms with Crippen molar-refractivity contribution in [1.29, 1.82) is 0 Å². The highest BCUT2D eigenvalue weighted by molar-refractivity contribution is 5.80. The summed E-state index contributed by atoms with van der Waals surface area (Å²) in [7, 11) is 8.36. The molecule has 1 aliphatic rings. The predicted molar refractivity (Wildman–Crippen MR) is 123 cm³/mol. The maximum absolute atomic E-state index is 5.54. The molecule has 2 N–H and O–H groups in total. The molecular formula is C23H32N4O4. The molecule has 1 fully saturated rings. The van der Waals surface area contributed by atoms with Crippen molar-refractivity contribution in [3.05, 3.63) is 42.0 Å². The summed E-state index contributed by atoms with van der Waals surface area (Å²) in [6.07, 6.45) is 1.01. The van der Waals surface area contributed by atoms with Gasteiger partial charge in [0.25, 0.3) is 0 Å². The molecule has 0 spiro atoms. The number of hydrogen-bond acceptors (Lipinski definition) is 6. The normalized spacial score (nSPS) is 16.1. The van der Waals surface area contributed by atoms with Gasteiger partial charge in [-0.15, -0.1) is 0 Å². The third kappa shape index (κ3) is 5.25. The predicted octanol–water partition coefficient (Wildman–Crippen LogP) is 2.66. The zero-order valence-electron chi connectivity index (χ0n) is 18.9. The van der Waals surface area contributed by atoms with Gasteiger partial charge < -0.3 is 34.5 Å². The fourth-order valence-corrected chi connectivity index (χ4v) is 3.80. The van der Waals surface area contributed by atoms with Crippen LogP contribution in [0.3, 0.4) is 0 Å². The van der Waals surface area contributed by atoms with E-state index in [-0.39, 0.29) is 6.04 Å². The third-order valence-electron chi connectivity index (χ3n) is 5.43. The summed E-state index contributed by atoms with van der Waals surface area (Å²) in [5, 5.41) is 6.89. The Morgan fingerprint density at radius 2 is 1.68 bits per heavy atom. The molecule has 2 aromatic rings. The van der Waals surface area contributed by atoms with E-state index < -0.39 is 0 Å². The van der Waals surface area contributed by atoms with E-state index in [1.54, 1.807) is 35.5 Å². The summed E-state index contributed by atoms with van der Waals surface area (Å²) in [6.45, 7) is 2.32. The maximum atomic E-state index is 5.54. The van der Waals surface area contributed by atoms with Crippen LogP contribution >= 0.6 is 0 Å². The van der Waals surface area contributed by atoms with E-state index in [0.717, 1.165) is 42.5 Å². The van der Waals surface area contributed by atoms with Gasteiger partial charge in [0.1, 0.15) is 23.0 Å². The second kappa shape index (κ2) is 10.7. The van der Waals surface area contributed by atoms with Crippen molar-refractivity contribution >= 4 is 11.6 Å². The van der Waals surface area contributed by atoms with Gasteiger partial charge in [0.15, 0.2) is 5.96 Å². The Hall–Kier alpha value is -3.29. The molecule has 1 aliphatic heterocycles. The molecule has 168 valence electrons. The van der Waals surface area contributed by atoms with Crippen LogP contribution in [0.4, 0.5) is 5.69 Å². The minimum atomic E-state index is 0.274. The molecule has 0 aromatic heterocycles. The fraction of sp³-hybridized carbons (Fsp3) is 0.435. The number of anilines is 1. The number of nitrogens with zero attached hydrogens (tertiary/aromatic N) is 2. The average Bonchev–Trinajstić information content (AvgIpc) is 3.29. The van der Waals surface area contributed by atoms with Crippen LogP contribution in [0.5, 0.6) is 23.0 Å². The smallest absolute Gasteiger partial charge is 0.191 e. The molecular weight excluding hydrogens is 396 g/mol. The minimum Gasteiger partial charge on any atom is -0.496 e. The highest BCUT2D eigenvalue weighted by Crippen LogP contribution is 2.34. The highest BCUT2D eigenvalue weighted by Gasteiger charge is 2.25. The summed E-state index contributed by atoms with van der Waals surface area (Å²) in [5.74, 6) is 3.70. The lowest BCUT2D eigenvalue weighted by Gasteiger charge is -2.22. The Kier molecular flexibility index (Phi) is 7.70. The Morgan fingerprint density at radius 1 is 1.00 bits per heavy atom. The third-order valence-corrected chi connectivity index (χ3v) is 5.43. The number of rotatable bonds is 8. The van der Waals surface area contributed by atoms with Crippen molar-refractivity contribution < 1.29 is 18.9 Å². The molecule has 1 unspecified atom stereocenters. The van der Waals surface area contributed by atoms with E-state index in [9.17, 15) is 0 Å². The van der Waals surface area contributed by atoms with E-state index >= 15 is 0 Å². The summed E-state index contributed by atoms with van der Waals surface area (Å²) >= 11 is 0.